The molecule has 32 heavy (non-hydrogen) atoms. The minimum atomic E-state index is -0.0540. The SMILES string of the molecule is CCNC(=NCc1ccc(OCCO)c(OC)c1)NCc1ccc(C(=O)N(C)C)cc1.I. The van der Waals surface area contributed by atoms with Gasteiger partial charge in [-0.2, -0.15) is 0 Å². The largest absolute Gasteiger partial charge is 0.493 e. The van der Waals surface area contributed by atoms with E-state index in [1.165, 1.54) is 0 Å². The molecule has 3 N–H and O–H groups in total. The maximum atomic E-state index is 12.0. The average Bonchev–Trinajstić information content (AvgIpc) is 2.79. The monoisotopic (exact) mass is 556 g/mol. The van der Waals surface area contributed by atoms with Crippen LogP contribution < -0.4 is 20.1 Å². The van der Waals surface area contributed by atoms with Crippen molar-refractivity contribution in [1.29, 1.82) is 0 Å². The molecule has 0 saturated carbocycles. The minimum Gasteiger partial charge on any atom is -0.493 e. The average molecular weight is 556 g/mol. The smallest absolute Gasteiger partial charge is 0.253 e. The molecule has 0 aliphatic rings. The Morgan fingerprint density at radius 1 is 1.06 bits per heavy atom. The number of aliphatic hydroxyl groups is 1. The van der Waals surface area contributed by atoms with Crippen molar-refractivity contribution >= 4 is 35.8 Å². The molecule has 0 aliphatic carbocycles. The zero-order valence-electron chi connectivity index (χ0n) is 19.1. The van der Waals surface area contributed by atoms with Crippen molar-refractivity contribution in [2.75, 3.05) is 41.0 Å². The van der Waals surface area contributed by atoms with E-state index in [1.54, 1.807) is 26.1 Å². The third-order valence-electron chi connectivity index (χ3n) is 4.41. The van der Waals surface area contributed by atoms with Crippen molar-refractivity contribution in [3.8, 4) is 11.5 Å². The number of aliphatic hydroxyl groups excluding tert-OH is 1. The summed E-state index contributed by atoms with van der Waals surface area (Å²) >= 11 is 0. The summed E-state index contributed by atoms with van der Waals surface area (Å²) in [7, 11) is 5.06. The van der Waals surface area contributed by atoms with Crippen LogP contribution >= 0.6 is 24.0 Å². The molecule has 0 aliphatic heterocycles. The number of carbonyl (C=O) groups is 1. The van der Waals surface area contributed by atoms with E-state index in [0.29, 0.717) is 36.1 Å². The first-order chi connectivity index (χ1) is 15.0. The Morgan fingerprint density at radius 2 is 1.75 bits per heavy atom. The first kappa shape index (κ1) is 27.5. The van der Waals surface area contributed by atoms with Gasteiger partial charge in [-0.1, -0.05) is 18.2 Å². The van der Waals surface area contributed by atoms with E-state index in [4.69, 9.17) is 14.6 Å². The first-order valence-electron chi connectivity index (χ1n) is 10.2. The van der Waals surface area contributed by atoms with Crippen LogP contribution in [0.2, 0.25) is 0 Å². The summed E-state index contributed by atoms with van der Waals surface area (Å²) in [5.41, 5.74) is 2.68. The van der Waals surface area contributed by atoms with E-state index in [0.717, 1.165) is 17.7 Å². The van der Waals surface area contributed by atoms with E-state index >= 15 is 0 Å². The Morgan fingerprint density at radius 3 is 2.34 bits per heavy atom. The molecule has 0 fully saturated rings. The molecule has 0 radical (unpaired) electrons. The maximum absolute atomic E-state index is 12.0. The zero-order chi connectivity index (χ0) is 22.6. The van der Waals surface area contributed by atoms with E-state index in [1.807, 2.05) is 49.4 Å². The lowest BCUT2D eigenvalue weighted by molar-refractivity contribution is 0.0827. The fraction of sp³-hybridized carbons (Fsp3) is 0.391. The van der Waals surface area contributed by atoms with Gasteiger partial charge in [-0.05, 0) is 42.3 Å². The van der Waals surface area contributed by atoms with Gasteiger partial charge in [0.25, 0.3) is 5.91 Å². The highest BCUT2D eigenvalue weighted by Gasteiger charge is 2.08. The quantitative estimate of drug-likeness (QED) is 0.237. The number of nitrogens with zero attached hydrogens (tertiary/aromatic N) is 2. The Bertz CT molecular complexity index is 873. The van der Waals surface area contributed by atoms with Gasteiger partial charge in [0, 0.05) is 32.7 Å². The number of halogens is 1. The summed E-state index contributed by atoms with van der Waals surface area (Å²) in [6, 6.07) is 13.1. The van der Waals surface area contributed by atoms with Crippen molar-refractivity contribution in [2.24, 2.45) is 4.99 Å². The number of amides is 1. The summed E-state index contributed by atoms with van der Waals surface area (Å²) in [6.07, 6.45) is 0. The predicted octanol–water partition coefficient (Wildman–Crippen LogP) is 2.64. The molecule has 0 aromatic heterocycles. The van der Waals surface area contributed by atoms with Crippen LogP contribution in [-0.2, 0) is 13.1 Å². The third-order valence-corrected chi connectivity index (χ3v) is 4.41. The number of aliphatic imine (C=N–C) groups is 1. The highest BCUT2D eigenvalue weighted by Crippen LogP contribution is 2.28. The second-order valence-electron chi connectivity index (χ2n) is 7.00. The van der Waals surface area contributed by atoms with Gasteiger partial charge in [0.15, 0.2) is 17.5 Å². The number of nitrogens with one attached hydrogen (secondary N) is 2. The summed E-state index contributed by atoms with van der Waals surface area (Å²) in [5.74, 6) is 1.87. The van der Waals surface area contributed by atoms with Gasteiger partial charge in [-0.15, -0.1) is 24.0 Å². The fourth-order valence-corrected chi connectivity index (χ4v) is 2.81. The minimum absolute atomic E-state index is 0. The molecule has 2 rings (SSSR count). The molecular weight excluding hydrogens is 523 g/mol. The van der Waals surface area contributed by atoms with Crippen LogP contribution in [0.4, 0.5) is 0 Å². The van der Waals surface area contributed by atoms with E-state index in [2.05, 4.69) is 15.6 Å². The van der Waals surface area contributed by atoms with Crippen LogP contribution in [0, 0.1) is 0 Å². The Balaban J connectivity index is 0.00000512. The van der Waals surface area contributed by atoms with Crippen molar-refractivity contribution in [3.05, 3.63) is 59.2 Å². The van der Waals surface area contributed by atoms with Crippen LogP contribution in [0.3, 0.4) is 0 Å². The van der Waals surface area contributed by atoms with Crippen LogP contribution in [0.5, 0.6) is 11.5 Å². The number of ether oxygens (including phenoxy) is 2. The summed E-state index contributed by atoms with van der Waals surface area (Å²) in [5, 5.41) is 15.5. The normalized spacial score (nSPS) is 10.7. The van der Waals surface area contributed by atoms with Crippen molar-refractivity contribution < 1.29 is 19.4 Å². The highest BCUT2D eigenvalue weighted by molar-refractivity contribution is 14.0. The zero-order valence-corrected chi connectivity index (χ0v) is 21.4. The second kappa shape index (κ2) is 14.5. The number of methoxy groups -OCH3 is 1. The highest BCUT2D eigenvalue weighted by atomic mass is 127. The maximum Gasteiger partial charge on any atom is 0.253 e. The molecule has 0 saturated heterocycles. The fourth-order valence-electron chi connectivity index (χ4n) is 2.81. The first-order valence-corrected chi connectivity index (χ1v) is 10.2. The second-order valence-corrected chi connectivity index (χ2v) is 7.00. The van der Waals surface area contributed by atoms with Gasteiger partial charge in [-0.3, -0.25) is 4.79 Å². The van der Waals surface area contributed by atoms with Crippen molar-refractivity contribution in [1.82, 2.24) is 15.5 Å². The summed E-state index contributed by atoms with van der Waals surface area (Å²) < 4.78 is 10.8. The number of hydrogen-bond donors (Lipinski definition) is 3. The van der Waals surface area contributed by atoms with Crippen molar-refractivity contribution in [2.45, 2.75) is 20.0 Å². The van der Waals surface area contributed by atoms with E-state index < -0.39 is 0 Å². The molecule has 2 aromatic rings. The molecule has 176 valence electrons. The van der Waals surface area contributed by atoms with Crippen LogP contribution in [0.15, 0.2) is 47.5 Å². The standard InChI is InChI=1S/C23H32N4O4.HI/c1-5-24-23(25-15-17-6-9-19(10-7-17)22(29)27(2)3)26-16-18-8-11-20(31-13-12-28)21(14-18)30-4;/h6-11,14,28H,5,12-13,15-16H2,1-4H3,(H2,24,25,26);1H. The van der Waals surface area contributed by atoms with E-state index in [9.17, 15) is 4.79 Å². The molecule has 1 amide bonds. The summed E-state index contributed by atoms with van der Waals surface area (Å²) in [4.78, 5) is 18.2. The van der Waals surface area contributed by atoms with Gasteiger partial charge in [0.2, 0.25) is 0 Å². The van der Waals surface area contributed by atoms with Gasteiger partial charge in [0.1, 0.15) is 6.61 Å². The lowest BCUT2D eigenvalue weighted by Gasteiger charge is -2.13. The number of rotatable bonds is 10. The van der Waals surface area contributed by atoms with Crippen molar-refractivity contribution in [3.63, 3.8) is 0 Å². The molecule has 8 nitrogen and oxygen atoms in total. The van der Waals surface area contributed by atoms with Gasteiger partial charge in [-0.25, -0.2) is 4.99 Å². The number of benzene rings is 2. The van der Waals surface area contributed by atoms with Crippen LogP contribution in [0.1, 0.15) is 28.4 Å². The molecule has 2 aromatic carbocycles. The molecule has 0 heterocycles. The lowest BCUT2D eigenvalue weighted by atomic mass is 10.1. The molecule has 0 atom stereocenters. The summed E-state index contributed by atoms with van der Waals surface area (Å²) in [6.45, 7) is 3.95. The molecule has 0 bridgehead atoms. The Kier molecular flexibility index (Phi) is 12.5. The van der Waals surface area contributed by atoms with Gasteiger partial charge < -0.3 is 30.1 Å². The van der Waals surface area contributed by atoms with Crippen LogP contribution in [-0.4, -0.2) is 62.8 Å². The topological polar surface area (TPSA) is 95.4 Å². The van der Waals surface area contributed by atoms with Crippen LogP contribution in [0.25, 0.3) is 0 Å². The number of hydrogen-bond acceptors (Lipinski definition) is 5. The molecule has 9 heteroatoms. The Labute approximate surface area is 207 Å². The Hall–Kier alpha value is -2.53. The number of carbonyl (C=O) groups excluding carboxylic acids is 1. The molecule has 0 unspecified atom stereocenters. The number of guanidine groups is 1. The predicted molar refractivity (Wildman–Crippen MR) is 137 cm³/mol. The molecule has 0 spiro atoms. The molecular formula is C23H33IN4O4. The van der Waals surface area contributed by atoms with E-state index in [-0.39, 0.29) is 43.1 Å². The lowest BCUT2D eigenvalue weighted by Crippen LogP contribution is -2.36. The van der Waals surface area contributed by atoms with Gasteiger partial charge in [0.05, 0.1) is 20.3 Å². The third kappa shape index (κ3) is 8.54. The van der Waals surface area contributed by atoms with Gasteiger partial charge >= 0.3 is 0 Å².